The monoisotopic (exact) mass is 302 g/mol. The molecule has 21 heavy (non-hydrogen) atoms. The number of carbonyl (C=O) groups is 1. The molecule has 0 aliphatic rings. The predicted octanol–water partition coefficient (Wildman–Crippen LogP) is 2.61. The van der Waals surface area contributed by atoms with E-state index in [1.165, 1.54) is 0 Å². The second-order valence-corrected chi connectivity index (χ2v) is 4.82. The van der Waals surface area contributed by atoms with Crippen molar-refractivity contribution in [1.29, 1.82) is 0 Å². The van der Waals surface area contributed by atoms with Gasteiger partial charge in [0.25, 0.3) is 5.91 Å². The lowest BCUT2D eigenvalue weighted by Crippen LogP contribution is -2.26. The summed E-state index contributed by atoms with van der Waals surface area (Å²) >= 11 is 5.88. The first-order valence-electron chi connectivity index (χ1n) is 6.37. The Hall–Kier alpha value is -2.40. The highest BCUT2D eigenvalue weighted by atomic mass is 35.5. The fourth-order valence-corrected chi connectivity index (χ4v) is 1.90. The third-order valence-electron chi connectivity index (χ3n) is 2.74. The Kier molecular flexibility index (Phi) is 5.29. The minimum atomic E-state index is -0.227. The summed E-state index contributed by atoms with van der Waals surface area (Å²) in [7, 11) is 0. The Labute approximate surface area is 128 Å². The number of aryl methyl sites for hydroxylation is 1. The summed E-state index contributed by atoms with van der Waals surface area (Å²) in [6, 6.07) is 9.04. The van der Waals surface area contributed by atoms with Gasteiger partial charge in [-0.15, -0.1) is 0 Å². The third-order valence-corrected chi connectivity index (χ3v) is 2.97. The number of nitrogens with zero attached hydrogens (tertiary/aromatic N) is 2. The number of amides is 1. The van der Waals surface area contributed by atoms with Gasteiger partial charge in [0.05, 0.1) is 12.8 Å². The van der Waals surface area contributed by atoms with E-state index in [-0.39, 0.29) is 12.5 Å². The highest BCUT2D eigenvalue weighted by molar-refractivity contribution is 6.30. The number of aromatic nitrogens is 1. The van der Waals surface area contributed by atoms with Gasteiger partial charge < -0.3 is 5.32 Å². The van der Waals surface area contributed by atoms with Crippen molar-refractivity contribution in [3.63, 3.8) is 0 Å². The smallest absolute Gasteiger partial charge is 0.259 e. The van der Waals surface area contributed by atoms with Crippen LogP contribution in [0.15, 0.2) is 47.8 Å². The van der Waals surface area contributed by atoms with Gasteiger partial charge in [-0.05, 0) is 48.4 Å². The zero-order valence-corrected chi connectivity index (χ0v) is 12.3. The number of benzene rings is 1. The Morgan fingerprint density at radius 2 is 2.10 bits per heavy atom. The zero-order valence-electron chi connectivity index (χ0n) is 11.5. The van der Waals surface area contributed by atoms with Gasteiger partial charge in [-0.2, -0.15) is 5.10 Å². The van der Waals surface area contributed by atoms with E-state index in [0.717, 1.165) is 16.8 Å². The number of pyridine rings is 1. The van der Waals surface area contributed by atoms with Crippen molar-refractivity contribution in [2.24, 2.45) is 5.10 Å². The van der Waals surface area contributed by atoms with E-state index in [1.54, 1.807) is 36.8 Å². The third kappa shape index (κ3) is 4.89. The molecule has 6 heteroatoms. The molecule has 0 bridgehead atoms. The molecule has 1 aromatic heterocycles. The Morgan fingerprint density at radius 1 is 1.33 bits per heavy atom. The number of anilines is 1. The fraction of sp³-hybridized carbons (Fsp3) is 0.133. The van der Waals surface area contributed by atoms with E-state index in [2.05, 4.69) is 20.8 Å². The molecule has 0 aliphatic heterocycles. The number of hydrogen-bond donors (Lipinski definition) is 2. The average Bonchev–Trinajstić information content (AvgIpc) is 2.47. The molecule has 2 aromatic rings. The molecular weight excluding hydrogens is 288 g/mol. The van der Waals surface area contributed by atoms with Gasteiger partial charge in [0.2, 0.25) is 0 Å². The molecule has 2 rings (SSSR count). The van der Waals surface area contributed by atoms with E-state index in [9.17, 15) is 4.79 Å². The second kappa shape index (κ2) is 7.40. The van der Waals surface area contributed by atoms with Gasteiger partial charge >= 0.3 is 0 Å². The number of nitrogens with one attached hydrogen (secondary N) is 2. The van der Waals surface area contributed by atoms with E-state index in [0.29, 0.717) is 5.02 Å². The maximum Gasteiger partial charge on any atom is 0.259 e. The van der Waals surface area contributed by atoms with Crippen molar-refractivity contribution in [3.8, 4) is 0 Å². The summed E-state index contributed by atoms with van der Waals surface area (Å²) in [5, 5.41) is 7.58. The lowest BCUT2D eigenvalue weighted by Gasteiger charge is -2.08. The Bertz CT molecular complexity index is 643. The number of carbonyl (C=O) groups excluding carboxylic acids is 1. The van der Waals surface area contributed by atoms with Crippen molar-refractivity contribution < 1.29 is 4.79 Å². The predicted molar refractivity (Wildman–Crippen MR) is 84.7 cm³/mol. The van der Waals surface area contributed by atoms with E-state index in [4.69, 9.17) is 11.6 Å². The summed E-state index contributed by atoms with van der Waals surface area (Å²) in [4.78, 5) is 15.6. The lowest BCUT2D eigenvalue weighted by molar-refractivity contribution is -0.119. The molecule has 1 amide bonds. The number of halogens is 1. The second-order valence-electron chi connectivity index (χ2n) is 4.39. The van der Waals surface area contributed by atoms with Gasteiger partial charge in [0.1, 0.15) is 0 Å². The Balaban J connectivity index is 1.81. The number of rotatable bonds is 5. The summed E-state index contributed by atoms with van der Waals surface area (Å²) in [5.74, 6) is -0.227. The van der Waals surface area contributed by atoms with Crippen LogP contribution in [0.4, 0.5) is 5.69 Å². The van der Waals surface area contributed by atoms with Crippen LogP contribution < -0.4 is 10.7 Å². The van der Waals surface area contributed by atoms with Gasteiger partial charge in [-0.1, -0.05) is 11.6 Å². The number of hydrogen-bond acceptors (Lipinski definition) is 4. The van der Waals surface area contributed by atoms with Crippen LogP contribution in [0.1, 0.15) is 11.1 Å². The van der Waals surface area contributed by atoms with Crippen molar-refractivity contribution in [2.75, 3.05) is 11.9 Å². The van der Waals surface area contributed by atoms with Crippen LogP contribution in [0, 0.1) is 6.92 Å². The van der Waals surface area contributed by atoms with Crippen LogP contribution in [0.2, 0.25) is 5.02 Å². The molecular formula is C15H15ClN4O. The molecule has 0 fully saturated rings. The minimum absolute atomic E-state index is 0.135. The molecule has 0 unspecified atom stereocenters. The highest BCUT2D eigenvalue weighted by Gasteiger charge is 2.02. The van der Waals surface area contributed by atoms with Crippen molar-refractivity contribution in [3.05, 3.63) is 58.9 Å². The first kappa shape index (κ1) is 15.0. The summed E-state index contributed by atoms with van der Waals surface area (Å²) in [6.45, 7) is 2.06. The Morgan fingerprint density at radius 3 is 2.81 bits per heavy atom. The molecule has 0 saturated carbocycles. The van der Waals surface area contributed by atoms with E-state index >= 15 is 0 Å². The fourth-order valence-electron chi connectivity index (χ4n) is 1.67. The SMILES string of the molecule is Cc1cc(Cl)ccc1NCC(=O)N/N=C\c1ccncc1. The maximum absolute atomic E-state index is 11.7. The van der Waals surface area contributed by atoms with E-state index in [1.807, 2.05) is 19.1 Å². The lowest BCUT2D eigenvalue weighted by atomic mass is 10.2. The maximum atomic E-state index is 11.7. The summed E-state index contributed by atoms with van der Waals surface area (Å²) in [5.41, 5.74) is 5.17. The van der Waals surface area contributed by atoms with Gasteiger partial charge in [-0.3, -0.25) is 9.78 Å². The molecule has 1 heterocycles. The summed E-state index contributed by atoms with van der Waals surface area (Å²) < 4.78 is 0. The van der Waals surface area contributed by atoms with E-state index < -0.39 is 0 Å². The average molecular weight is 303 g/mol. The van der Waals surface area contributed by atoms with Crippen molar-refractivity contribution in [1.82, 2.24) is 10.4 Å². The molecule has 0 saturated heterocycles. The normalized spacial score (nSPS) is 10.6. The van der Waals surface area contributed by atoms with Crippen LogP contribution in [-0.4, -0.2) is 23.7 Å². The van der Waals surface area contributed by atoms with Crippen molar-refractivity contribution in [2.45, 2.75) is 6.92 Å². The van der Waals surface area contributed by atoms with Crippen molar-refractivity contribution >= 4 is 29.4 Å². The molecule has 108 valence electrons. The zero-order chi connectivity index (χ0) is 15.1. The van der Waals surface area contributed by atoms with Crippen LogP contribution in [0.5, 0.6) is 0 Å². The standard InChI is InChI=1S/C15H15ClN4O/c1-11-8-13(16)2-3-14(11)18-10-15(21)20-19-9-12-4-6-17-7-5-12/h2-9,18H,10H2,1H3,(H,20,21)/b19-9-. The molecule has 1 aromatic carbocycles. The molecule has 0 atom stereocenters. The number of hydrazone groups is 1. The van der Waals surface area contributed by atoms with Gasteiger partial charge in [0.15, 0.2) is 0 Å². The molecule has 2 N–H and O–H groups in total. The first-order valence-corrected chi connectivity index (χ1v) is 6.75. The topological polar surface area (TPSA) is 66.4 Å². The van der Waals surface area contributed by atoms with Crippen LogP contribution in [0.3, 0.4) is 0 Å². The molecule has 0 spiro atoms. The van der Waals surface area contributed by atoms with Gasteiger partial charge in [0, 0.05) is 23.1 Å². The molecule has 0 aliphatic carbocycles. The van der Waals surface area contributed by atoms with Crippen LogP contribution in [-0.2, 0) is 4.79 Å². The minimum Gasteiger partial charge on any atom is -0.376 e. The summed E-state index contributed by atoms with van der Waals surface area (Å²) in [6.07, 6.45) is 4.88. The van der Waals surface area contributed by atoms with Gasteiger partial charge in [-0.25, -0.2) is 5.43 Å². The highest BCUT2D eigenvalue weighted by Crippen LogP contribution is 2.19. The molecule has 5 nitrogen and oxygen atoms in total. The van der Waals surface area contributed by atoms with Crippen LogP contribution >= 0.6 is 11.6 Å². The van der Waals surface area contributed by atoms with Crippen LogP contribution in [0.25, 0.3) is 0 Å². The molecule has 0 radical (unpaired) electrons. The quantitative estimate of drug-likeness (QED) is 0.659. The first-order chi connectivity index (χ1) is 10.1. The largest absolute Gasteiger partial charge is 0.376 e.